The number of allylic oxidation sites excluding steroid dienone is 1. The van der Waals surface area contributed by atoms with E-state index in [1.54, 1.807) is 0 Å². The van der Waals surface area contributed by atoms with Crippen LogP contribution < -0.4 is 5.32 Å². The fraction of sp³-hybridized carbons (Fsp3) is 0.258. The molecule has 0 aliphatic carbocycles. The highest BCUT2D eigenvalue weighted by Gasteiger charge is 2.13. The second-order valence-electron chi connectivity index (χ2n) is 9.21. The molecule has 3 heteroatoms. The van der Waals surface area contributed by atoms with Crippen molar-refractivity contribution >= 4 is 28.1 Å². The molecule has 174 valence electrons. The summed E-state index contributed by atoms with van der Waals surface area (Å²) >= 11 is 0. The van der Waals surface area contributed by atoms with Crippen molar-refractivity contribution in [2.24, 2.45) is 5.92 Å². The van der Waals surface area contributed by atoms with Gasteiger partial charge < -0.3 is 10.3 Å². The topological polar surface area (TPSA) is 44.9 Å². The molecular weight excluding hydrogens is 416 g/mol. The summed E-state index contributed by atoms with van der Waals surface area (Å²) in [5.74, 6) is 0.128. The van der Waals surface area contributed by atoms with Crippen molar-refractivity contribution in [3.8, 4) is 11.3 Å². The van der Waals surface area contributed by atoms with Crippen LogP contribution in [0.15, 0.2) is 85.4 Å². The zero-order chi connectivity index (χ0) is 23.9. The van der Waals surface area contributed by atoms with Crippen molar-refractivity contribution in [3.63, 3.8) is 0 Å². The number of aromatic amines is 1. The van der Waals surface area contributed by atoms with Crippen LogP contribution in [0.1, 0.15) is 50.7 Å². The third kappa shape index (κ3) is 5.85. The normalized spacial score (nSPS) is 11.9. The Morgan fingerprint density at radius 1 is 0.971 bits per heavy atom. The molecule has 0 radical (unpaired) electrons. The van der Waals surface area contributed by atoms with Crippen molar-refractivity contribution < 1.29 is 4.79 Å². The van der Waals surface area contributed by atoms with Crippen LogP contribution in [0.4, 0.5) is 5.69 Å². The number of aromatic nitrogens is 1. The van der Waals surface area contributed by atoms with E-state index in [9.17, 15) is 4.79 Å². The lowest BCUT2D eigenvalue weighted by molar-refractivity contribution is -0.119. The number of H-pyrrole nitrogens is 1. The first kappa shape index (κ1) is 23.6. The van der Waals surface area contributed by atoms with Crippen LogP contribution in [0.3, 0.4) is 0 Å². The molecule has 3 nitrogen and oxygen atoms in total. The third-order valence-corrected chi connectivity index (χ3v) is 6.44. The van der Waals surface area contributed by atoms with Gasteiger partial charge in [0.1, 0.15) is 0 Å². The Morgan fingerprint density at radius 2 is 1.74 bits per heavy atom. The van der Waals surface area contributed by atoms with Crippen molar-refractivity contribution in [2.75, 3.05) is 5.32 Å². The van der Waals surface area contributed by atoms with Gasteiger partial charge in [-0.05, 0) is 65.4 Å². The predicted molar refractivity (Wildman–Crippen MR) is 145 cm³/mol. The number of benzene rings is 3. The molecule has 1 aromatic heterocycles. The summed E-state index contributed by atoms with van der Waals surface area (Å²) in [5.41, 5.74) is 7.63. The molecule has 0 fully saturated rings. The molecule has 1 unspecified atom stereocenters. The molecule has 1 amide bonds. The maximum absolute atomic E-state index is 12.5. The molecule has 0 saturated carbocycles. The molecule has 1 heterocycles. The second kappa shape index (κ2) is 11.0. The second-order valence-corrected chi connectivity index (χ2v) is 9.21. The van der Waals surface area contributed by atoms with Crippen molar-refractivity contribution in [1.82, 2.24) is 4.98 Å². The zero-order valence-electron chi connectivity index (χ0n) is 20.2. The molecule has 4 aromatic rings. The molecule has 1 atom stereocenters. The van der Waals surface area contributed by atoms with Crippen LogP contribution in [-0.2, 0) is 11.2 Å². The van der Waals surface area contributed by atoms with E-state index >= 15 is 0 Å². The predicted octanol–water partition coefficient (Wildman–Crippen LogP) is 8.25. The smallest absolute Gasteiger partial charge is 0.227 e. The molecule has 4 rings (SSSR count). The Balaban J connectivity index is 1.43. The quantitative estimate of drug-likeness (QED) is 0.235. The number of unbranched alkanes of at least 4 members (excludes halogenated alkanes) is 2. The molecule has 0 bridgehead atoms. The largest absolute Gasteiger partial charge is 0.355 e. The molecule has 0 aliphatic heterocycles. The van der Waals surface area contributed by atoms with Crippen LogP contribution in [0.25, 0.3) is 27.7 Å². The van der Waals surface area contributed by atoms with E-state index in [0.29, 0.717) is 0 Å². The van der Waals surface area contributed by atoms with Gasteiger partial charge in [-0.3, -0.25) is 4.79 Å². The van der Waals surface area contributed by atoms with E-state index in [-0.39, 0.29) is 11.8 Å². The number of carbonyl (C=O) groups excluding carboxylic acids is 1. The summed E-state index contributed by atoms with van der Waals surface area (Å²) < 4.78 is 0. The molecule has 0 saturated heterocycles. The molecule has 34 heavy (non-hydrogen) atoms. The van der Waals surface area contributed by atoms with Gasteiger partial charge in [-0.25, -0.2) is 0 Å². The minimum absolute atomic E-state index is 0.0331. The zero-order valence-corrected chi connectivity index (χ0v) is 20.2. The van der Waals surface area contributed by atoms with Crippen molar-refractivity contribution in [1.29, 1.82) is 0 Å². The highest BCUT2D eigenvalue weighted by molar-refractivity contribution is 5.93. The number of hydrogen-bond acceptors (Lipinski definition) is 1. The van der Waals surface area contributed by atoms with Gasteiger partial charge in [-0.1, -0.05) is 88.2 Å². The van der Waals surface area contributed by atoms with E-state index in [4.69, 9.17) is 0 Å². The Bertz CT molecular complexity index is 1250. The molecule has 2 N–H and O–H groups in total. The van der Waals surface area contributed by atoms with E-state index in [1.807, 2.05) is 25.1 Å². The number of amides is 1. The summed E-state index contributed by atoms with van der Waals surface area (Å²) in [4.78, 5) is 16.0. The summed E-state index contributed by atoms with van der Waals surface area (Å²) in [6.07, 6.45) is 5.24. The van der Waals surface area contributed by atoms with Crippen LogP contribution >= 0.6 is 0 Å². The number of fused-ring (bicyclic) bond motifs is 1. The lowest BCUT2D eigenvalue weighted by atomic mass is 9.99. The highest BCUT2D eigenvalue weighted by atomic mass is 16.1. The van der Waals surface area contributed by atoms with Gasteiger partial charge in [0.15, 0.2) is 0 Å². The number of anilines is 1. The summed E-state index contributed by atoms with van der Waals surface area (Å²) in [5, 5.41) is 4.22. The van der Waals surface area contributed by atoms with E-state index < -0.39 is 0 Å². The average Bonchev–Trinajstić information content (AvgIpc) is 3.28. The Hall–Kier alpha value is -3.59. The van der Waals surface area contributed by atoms with Gasteiger partial charge in [-0.2, -0.15) is 0 Å². The van der Waals surface area contributed by atoms with Gasteiger partial charge in [0.05, 0.1) is 0 Å². The number of hydrogen-bond donors (Lipinski definition) is 2. The first-order valence-electron chi connectivity index (χ1n) is 12.3. The SMILES string of the molecule is C=C(Cc1ccccc1)c1ccc2[nH]c(-c3ccc(NC(=O)C(C)CCCCC)cc3)cc2c1. The summed E-state index contributed by atoms with van der Waals surface area (Å²) in [7, 11) is 0. The van der Waals surface area contributed by atoms with Crippen LogP contribution in [0.2, 0.25) is 0 Å². The Morgan fingerprint density at radius 3 is 2.47 bits per heavy atom. The fourth-order valence-electron chi connectivity index (χ4n) is 4.28. The standard InChI is InChI=1S/C31H34N2O/c1-4-5-7-10-22(2)31(34)32-28-16-13-25(14-17-28)30-21-27-20-26(15-18-29(27)33-30)23(3)19-24-11-8-6-9-12-24/h6,8-9,11-18,20-22,33H,3-5,7,10,19H2,1-2H3,(H,32,34). The van der Waals surface area contributed by atoms with Gasteiger partial charge in [0, 0.05) is 28.2 Å². The number of rotatable bonds is 10. The van der Waals surface area contributed by atoms with Gasteiger partial charge in [0.2, 0.25) is 5.91 Å². The minimum atomic E-state index is 0.0331. The van der Waals surface area contributed by atoms with Crippen LogP contribution in [0, 0.1) is 5.92 Å². The lowest BCUT2D eigenvalue weighted by Crippen LogP contribution is -2.20. The highest BCUT2D eigenvalue weighted by Crippen LogP contribution is 2.28. The summed E-state index contributed by atoms with van der Waals surface area (Å²) in [6, 6.07) is 27.1. The van der Waals surface area contributed by atoms with Crippen LogP contribution in [-0.4, -0.2) is 10.9 Å². The average molecular weight is 451 g/mol. The van der Waals surface area contributed by atoms with E-state index in [2.05, 4.69) is 84.5 Å². The van der Waals surface area contributed by atoms with Gasteiger partial charge >= 0.3 is 0 Å². The lowest BCUT2D eigenvalue weighted by Gasteiger charge is -2.12. The first-order valence-corrected chi connectivity index (χ1v) is 12.3. The molecule has 0 aliphatic rings. The molecular formula is C31H34N2O. The minimum Gasteiger partial charge on any atom is -0.355 e. The van der Waals surface area contributed by atoms with Crippen molar-refractivity contribution in [3.05, 3.63) is 96.6 Å². The monoisotopic (exact) mass is 450 g/mol. The maximum Gasteiger partial charge on any atom is 0.227 e. The molecule has 0 spiro atoms. The molecule has 3 aromatic carbocycles. The van der Waals surface area contributed by atoms with Crippen molar-refractivity contribution in [2.45, 2.75) is 46.0 Å². The number of nitrogens with one attached hydrogen (secondary N) is 2. The van der Waals surface area contributed by atoms with Gasteiger partial charge in [0.25, 0.3) is 0 Å². The van der Waals surface area contributed by atoms with E-state index in [0.717, 1.165) is 52.9 Å². The number of carbonyl (C=O) groups is 1. The first-order chi connectivity index (χ1) is 16.5. The van der Waals surface area contributed by atoms with Crippen LogP contribution in [0.5, 0.6) is 0 Å². The summed E-state index contributed by atoms with van der Waals surface area (Å²) in [6.45, 7) is 8.50. The van der Waals surface area contributed by atoms with Gasteiger partial charge in [-0.15, -0.1) is 0 Å². The van der Waals surface area contributed by atoms with E-state index in [1.165, 1.54) is 23.8 Å². The third-order valence-electron chi connectivity index (χ3n) is 6.44. The Labute approximate surface area is 202 Å². The Kier molecular flexibility index (Phi) is 7.64. The fourth-order valence-corrected chi connectivity index (χ4v) is 4.28. The maximum atomic E-state index is 12.5.